The van der Waals surface area contributed by atoms with E-state index in [1.54, 1.807) is 0 Å². The minimum atomic E-state index is -1.05. The van der Waals surface area contributed by atoms with Crippen molar-refractivity contribution in [2.24, 2.45) is 5.10 Å². The number of nitrogens with zero attached hydrogens (tertiary/aromatic N) is 2. The van der Waals surface area contributed by atoms with Crippen molar-refractivity contribution in [3.63, 3.8) is 0 Å². The topological polar surface area (TPSA) is 70.0 Å². The smallest absolute Gasteiger partial charge is 0.309 e. The second-order valence-electron chi connectivity index (χ2n) is 4.75. The Balaban J connectivity index is 2.34. The third kappa shape index (κ3) is 3.20. The molecule has 1 aliphatic rings. The van der Waals surface area contributed by atoms with Crippen LogP contribution < -0.4 is 0 Å². The molecule has 1 heterocycles. The number of hydrogen-bond donors (Lipinski definition) is 1. The number of benzene rings is 1. The molecule has 1 aromatic rings. The number of hydrogen-bond acceptors (Lipinski definition) is 3. The summed E-state index contributed by atoms with van der Waals surface area (Å²) in [7, 11) is 0. The van der Waals surface area contributed by atoms with Gasteiger partial charge in [0.2, 0.25) is 5.91 Å². The first-order valence-corrected chi connectivity index (χ1v) is 6.34. The first-order chi connectivity index (χ1) is 9.47. The molecule has 1 saturated heterocycles. The van der Waals surface area contributed by atoms with Crippen LogP contribution in [0.15, 0.2) is 29.4 Å². The number of rotatable bonds is 4. The van der Waals surface area contributed by atoms with Crippen molar-refractivity contribution in [3.05, 3.63) is 35.6 Å². The molecule has 2 rings (SSSR count). The van der Waals surface area contributed by atoms with E-state index in [0.717, 1.165) is 0 Å². The molecule has 0 saturated carbocycles. The fraction of sp³-hybridized carbons (Fsp3) is 0.357. The van der Waals surface area contributed by atoms with E-state index in [1.165, 1.54) is 29.3 Å². The van der Waals surface area contributed by atoms with E-state index < -0.39 is 11.8 Å². The molecule has 6 heteroatoms. The quantitative estimate of drug-likeness (QED) is 0.856. The first kappa shape index (κ1) is 14.2. The number of amides is 1. The molecule has 1 atom stereocenters. The third-order valence-corrected chi connectivity index (χ3v) is 3.17. The van der Waals surface area contributed by atoms with Gasteiger partial charge in [-0.2, -0.15) is 5.10 Å². The Labute approximate surface area is 115 Å². The molecule has 106 valence electrons. The van der Waals surface area contributed by atoms with Crippen LogP contribution in [0.5, 0.6) is 0 Å². The van der Waals surface area contributed by atoms with Crippen LogP contribution in [0.25, 0.3) is 0 Å². The molecule has 0 bridgehead atoms. The van der Waals surface area contributed by atoms with Crippen molar-refractivity contribution in [3.8, 4) is 0 Å². The second-order valence-corrected chi connectivity index (χ2v) is 4.75. The van der Waals surface area contributed by atoms with E-state index in [1.807, 2.05) is 6.92 Å². The summed E-state index contributed by atoms with van der Waals surface area (Å²) in [6.45, 7) is 1.86. The summed E-state index contributed by atoms with van der Waals surface area (Å²) >= 11 is 0. The lowest BCUT2D eigenvalue weighted by Crippen LogP contribution is -2.27. The molecule has 0 spiro atoms. The predicted octanol–water partition coefficient (Wildman–Crippen LogP) is 2.02. The van der Waals surface area contributed by atoms with Gasteiger partial charge in [0, 0.05) is 6.42 Å². The van der Waals surface area contributed by atoms with E-state index in [2.05, 4.69) is 5.10 Å². The van der Waals surface area contributed by atoms with Gasteiger partial charge < -0.3 is 5.11 Å². The molecular weight excluding hydrogens is 263 g/mol. The summed E-state index contributed by atoms with van der Waals surface area (Å²) in [5.41, 5.74) is 0.750. The van der Waals surface area contributed by atoms with Gasteiger partial charge in [-0.1, -0.05) is 12.1 Å². The Morgan fingerprint density at radius 3 is 2.60 bits per heavy atom. The van der Waals surface area contributed by atoms with Gasteiger partial charge in [0.15, 0.2) is 0 Å². The molecule has 20 heavy (non-hydrogen) atoms. The van der Waals surface area contributed by atoms with Gasteiger partial charge in [-0.3, -0.25) is 9.59 Å². The summed E-state index contributed by atoms with van der Waals surface area (Å²) in [6.07, 6.45) is 0.794. The highest BCUT2D eigenvalue weighted by Gasteiger charge is 2.28. The molecule has 1 amide bonds. The molecule has 1 aliphatic heterocycles. The van der Waals surface area contributed by atoms with Gasteiger partial charge in [0.1, 0.15) is 5.82 Å². The standard InChI is InChI=1S/C14H15FN2O3/c1-9-2-7-13(18)17(9)16-12(8-14(19)20)10-3-5-11(15)6-4-10/h3-6,9H,2,7-8H2,1H3,(H,19,20). The van der Waals surface area contributed by atoms with Gasteiger partial charge in [-0.05, 0) is 31.0 Å². The van der Waals surface area contributed by atoms with Gasteiger partial charge in [0.05, 0.1) is 18.2 Å². The summed E-state index contributed by atoms with van der Waals surface area (Å²) in [5, 5.41) is 14.4. The highest BCUT2D eigenvalue weighted by molar-refractivity contribution is 6.09. The van der Waals surface area contributed by atoms with E-state index in [0.29, 0.717) is 18.4 Å². The summed E-state index contributed by atoms with van der Waals surface area (Å²) < 4.78 is 12.9. The van der Waals surface area contributed by atoms with Gasteiger partial charge in [-0.25, -0.2) is 9.40 Å². The fourth-order valence-electron chi connectivity index (χ4n) is 2.08. The zero-order chi connectivity index (χ0) is 14.7. The lowest BCUT2D eigenvalue weighted by molar-refractivity contribution is -0.135. The van der Waals surface area contributed by atoms with Crippen LogP contribution in [0.3, 0.4) is 0 Å². The van der Waals surface area contributed by atoms with Crippen molar-refractivity contribution in [2.75, 3.05) is 0 Å². The molecule has 1 N–H and O–H groups in total. The Hall–Kier alpha value is -2.24. The minimum Gasteiger partial charge on any atom is -0.481 e. The van der Waals surface area contributed by atoms with Crippen LogP contribution in [-0.2, 0) is 9.59 Å². The van der Waals surface area contributed by atoms with E-state index in [9.17, 15) is 14.0 Å². The number of halogens is 1. The van der Waals surface area contributed by atoms with Gasteiger partial charge >= 0.3 is 5.97 Å². The summed E-state index contributed by atoms with van der Waals surface area (Å²) in [4.78, 5) is 22.6. The zero-order valence-electron chi connectivity index (χ0n) is 11.0. The van der Waals surface area contributed by atoms with E-state index in [-0.39, 0.29) is 24.1 Å². The zero-order valence-corrected chi connectivity index (χ0v) is 11.0. The Bertz CT molecular complexity index is 554. The maximum absolute atomic E-state index is 12.9. The highest BCUT2D eigenvalue weighted by atomic mass is 19.1. The summed E-state index contributed by atoms with van der Waals surface area (Å²) in [5.74, 6) is -1.58. The van der Waals surface area contributed by atoms with Crippen LogP contribution >= 0.6 is 0 Å². The Kier molecular flexibility index (Phi) is 4.12. The van der Waals surface area contributed by atoms with Crippen LogP contribution in [0.2, 0.25) is 0 Å². The summed E-state index contributed by atoms with van der Waals surface area (Å²) in [6, 6.07) is 5.35. The largest absolute Gasteiger partial charge is 0.481 e. The van der Waals surface area contributed by atoms with Crippen LogP contribution in [-0.4, -0.2) is 33.7 Å². The number of carbonyl (C=O) groups excluding carboxylic acids is 1. The molecular formula is C14H15FN2O3. The Morgan fingerprint density at radius 1 is 1.45 bits per heavy atom. The number of aliphatic carboxylic acids is 1. The lowest BCUT2D eigenvalue weighted by atomic mass is 10.1. The van der Waals surface area contributed by atoms with Crippen LogP contribution in [0, 0.1) is 5.82 Å². The average molecular weight is 278 g/mol. The SMILES string of the molecule is CC1CCC(=O)N1N=C(CC(=O)O)c1ccc(F)cc1. The molecule has 5 nitrogen and oxygen atoms in total. The van der Waals surface area contributed by atoms with Gasteiger partial charge in [0.25, 0.3) is 0 Å². The maximum atomic E-state index is 12.9. The van der Waals surface area contributed by atoms with Gasteiger partial charge in [-0.15, -0.1) is 0 Å². The van der Waals surface area contributed by atoms with Crippen molar-refractivity contribution in [1.82, 2.24) is 5.01 Å². The van der Waals surface area contributed by atoms with Crippen molar-refractivity contribution >= 4 is 17.6 Å². The maximum Gasteiger partial charge on any atom is 0.309 e. The molecule has 0 aliphatic carbocycles. The molecule has 1 fully saturated rings. The monoisotopic (exact) mass is 278 g/mol. The second kappa shape index (κ2) is 5.81. The highest BCUT2D eigenvalue weighted by Crippen LogP contribution is 2.20. The average Bonchev–Trinajstić information content (AvgIpc) is 2.70. The van der Waals surface area contributed by atoms with Crippen LogP contribution in [0.1, 0.15) is 31.7 Å². The molecule has 0 aromatic heterocycles. The molecule has 1 unspecified atom stereocenters. The number of carboxylic acid groups (broad SMARTS) is 1. The lowest BCUT2D eigenvalue weighted by Gasteiger charge is -2.17. The Morgan fingerprint density at radius 2 is 2.10 bits per heavy atom. The normalized spacial score (nSPS) is 19.5. The fourth-order valence-corrected chi connectivity index (χ4v) is 2.08. The van der Waals surface area contributed by atoms with Crippen molar-refractivity contribution < 1.29 is 19.1 Å². The third-order valence-electron chi connectivity index (χ3n) is 3.17. The molecule has 0 radical (unpaired) electrons. The van der Waals surface area contributed by atoms with E-state index >= 15 is 0 Å². The minimum absolute atomic E-state index is 0.0493. The first-order valence-electron chi connectivity index (χ1n) is 6.34. The number of carbonyl (C=O) groups is 2. The number of hydrazone groups is 1. The predicted molar refractivity (Wildman–Crippen MR) is 70.7 cm³/mol. The van der Waals surface area contributed by atoms with E-state index in [4.69, 9.17) is 5.11 Å². The van der Waals surface area contributed by atoms with Crippen molar-refractivity contribution in [2.45, 2.75) is 32.2 Å². The molecule has 1 aromatic carbocycles. The number of carboxylic acids is 1. The van der Waals surface area contributed by atoms with Crippen LogP contribution in [0.4, 0.5) is 4.39 Å². The van der Waals surface area contributed by atoms with Crippen molar-refractivity contribution in [1.29, 1.82) is 0 Å².